The number of aliphatic hydroxyl groups is 1. The highest BCUT2D eigenvalue weighted by atomic mass is 35.5. The van der Waals surface area contributed by atoms with E-state index in [0.29, 0.717) is 18.1 Å². The molecule has 1 fully saturated rings. The lowest BCUT2D eigenvalue weighted by Gasteiger charge is -2.36. The number of carbonyl (C=O) groups excluding carboxylic acids is 1. The van der Waals surface area contributed by atoms with Gasteiger partial charge in [0.15, 0.2) is 0 Å². The third-order valence-corrected chi connectivity index (χ3v) is 3.64. The molecule has 0 bridgehead atoms. The van der Waals surface area contributed by atoms with Gasteiger partial charge in [-0.25, -0.2) is 0 Å². The average Bonchev–Trinajstić information content (AvgIpc) is 2.36. The van der Waals surface area contributed by atoms with Gasteiger partial charge in [-0.2, -0.15) is 0 Å². The molecule has 0 aromatic heterocycles. The summed E-state index contributed by atoms with van der Waals surface area (Å²) in [7, 11) is 0. The quantitative estimate of drug-likeness (QED) is 0.846. The first-order valence-corrected chi connectivity index (χ1v) is 6.80. The molecule has 1 amide bonds. The molecule has 0 saturated carbocycles. The topological polar surface area (TPSA) is 40.5 Å². The van der Waals surface area contributed by atoms with Crippen molar-refractivity contribution in [3.63, 3.8) is 0 Å². The molecule has 1 saturated heterocycles. The van der Waals surface area contributed by atoms with Gasteiger partial charge in [0.1, 0.15) is 0 Å². The third-order valence-electron chi connectivity index (χ3n) is 3.30. The zero-order valence-electron chi connectivity index (χ0n) is 11.0. The van der Waals surface area contributed by atoms with Gasteiger partial charge in [0.2, 0.25) is 5.91 Å². The minimum absolute atomic E-state index is 0.0834. The number of carbonyl (C=O) groups is 1. The van der Waals surface area contributed by atoms with Crippen LogP contribution < -0.4 is 0 Å². The lowest BCUT2D eigenvalue weighted by Crippen LogP contribution is -2.48. The van der Waals surface area contributed by atoms with E-state index < -0.39 is 5.60 Å². The first-order chi connectivity index (χ1) is 8.98. The standard InChI is InChI=1S/C15H18ClNO2/c1-15(19)9-4-10-17(11-15)14(18)8-7-12-5-2-3-6-13(12)16/h2-3,5-8,19H,4,9-11H2,1H3/b8-7+. The van der Waals surface area contributed by atoms with E-state index in [1.54, 1.807) is 24.0 Å². The molecule has 19 heavy (non-hydrogen) atoms. The lowest BCUT2D eigenvalue weighted by molar-refractivity contribution is -0.132. The molecule has 1 heterocycles. The minimum Gasteiger partial charge on any atom is -0.388 e. The Kier molecular flexibility index (Phi) is 4.27. The van der Waals surface area contributed by atoms with Crippen molar-refractivity contribution in [3.05, 3.63) is 40.9 Å². The van der Waals surface area contributed by atoms with E-state index >= 15 is 0 Å². The Labute approximate surface area is 118 Å². The lowest BCUT2D eigenvalue weighted by atomic mass is 9.95. The second kappa shape index (κ2) is 5.76. The Balaban J connectivity index is 2.03. The number of hydrogen-bond acceptors (Lipinski definition) is 2. The molecule has 4 heteroatoms. The number of benzene rings is 1. The van der Waals surface area contributed by atoms with Crippen molar-refractivity contribution in [2.45, 2.75) is 25.4 Å². The largest absolute Gasteiger partial charge is 0.388 e. The van der Waals surface area contributed by atoms with Crippen molar-refractivity contribution in [1.29, 1.82) is 0 Å². The van der Waals surface area contributed by atoms with Crippen LogP contribution in [0.4, 0.5) is 0 Å². The maximum Gasteiger partial charge on any atom is 0.246 e. The van der Waals surface area contributed by atoms with E-state index in [9.17, 15) is 9.90 Å². The van der Waals surface area contributed by atoms with E-state index in [2.05, 4.69) is 0 Å². The Morgan fingerprint density at radius 2 is 2.21 bits per heavy atom. The maximum atomic E-state index is 12.1. The predicted octanol–water partition coefficient (Wildman–Crippen LogP) is 2.73. The molecule has 3 nitrogen and oxygen atoms in total. The van der Waals surface area contributed by atoms with Crippen LogP contribution in [0.15, 0.2) is 30.3 Å². The van der Waals surface area contributed by atoms with Gasteiger partial charge in [-0.3, -0.25) is 4.79 Å². The molecule has 102 valence electrons. The average molecular weight is 280 g/mol. The van der Waals surface area contributed by atoms with Crippen molar-refractivity contribution in [2.75, 3.05) is 13.1 Å². The highest BCUT2D eigenvalue weighted by Crippen LogP contribution is 2.21. The van der Waals surface area contributed by atoms with Gasteiger partial charge in [-0.15, -0.1) is 0 Å². The summed E-state index contributed by atoms with van der Waals surface area (Å²) in [6.45, 7) is 2.85. The Hall–Kier alpha value is -1.32. The van der Waals surface area contributed by atoms with Gasteiger partial charge in [0, 0.05) is 24.2 Å². The van der Waals surface area contributed by atoms with E-state index in [1.807, 2.05) is 18.2 Å². The Morgan fingerprint density at radius 3 is 2.89 bits per heavy atom. The molecule has 1 unspecified atom stereocenters. The molecule has 1 aliphatic heterocycles. The van der Waals surface area contributed by atoms with Gasteiger partial charge >= 0.3 is 0 Å². The molecule has 1 aromatic rings. The predicted molar refractivity (Wildman–Crippen MR) is 76.9 cm³/mol. The zero-order valence-corrected chi connectivity index (χ0v) is 11.7. The molecule has 1 atom stereocenters. The van der Waals surface area contributed by atoms with Crippen molar-refractivity contribution in [3.8, 4) is 0 Å². The summed E-state index contributed by atoms with van der Waals surface area (Å²) in [5, 5.41) is 10.6. The van der Waals surface area contributed by atoms with E-state index in [1.165, 1.54) is 6.08 Å². The second-order valence-corrected chi connectivity index (χ2v) is 5.62. The van der Waals surface area contributed by atoms with Crippen LogP contribution in [-0.4, -0.2) is 34.6 Å². The molecular weight excluding hydrogens is 262 g/mol. The SMILES string of the molecule is CC1(O)CCCN(C(=O)/C=C/c2ccccc2Cl)C1. The third kappa shape index (κ3) is 3.82. The summed E-state index contributed by atoms with van der Waals surface area (Å²) in [4.78, 5) is 13.7. The summed E-state index contributed by atoms with van der Waals surface area (Å²) in [6, 6.07) is 7.38. The number of amides is 1. The summed E-state index contributed by atoms with van der Waals surface area (Å²) in [6.07, 6.45) is 4.81. The fourth-order valence-corrected chi connectivity index (χ4v) is 2.48. The normalized spacial score (nSPS) is 23.8. The highest BCUT2D eigenvalue weighted by molar-refractivity contribution is 6.32. The van der Waals surface area contributed by atoms with Crippen molar-refractivity contribution >= 4 is 23.6 Å². The maximum absolute atomic E-state index is 12.1. The van der Waals surface area contributed by atoms with Crippen LogP contribution in [0.3, 0.4) is 0 Å². The first kappa shape index (κ1) is 14.1. The van der Waals surface area contributed by atoms with Crippen molar-refractivity contribution < 1.29 is 9.90 Å². The van der Waals surface area contributed by atoms with Crippen LogP contribution in [0, 0.1) is 0 Å². The van der Waals surface area contributed by atoms with Crippen LogP contribution in [0.1, 0.15) is 25.3 Å². The van der Waals surface area contributed by atoms with Crippen LogP contribution in [-0.2, 0) is 4.79 Å². The van der Waals surface area contributed by atoms with Gasteiger partial charge < -0.3 is 10.0 Å². The van der Waals surface area contributed by atoms with Gasteiger partial charge in [0.25, 0.3) is 0 Å². The number of hydrogen-bond donors (Lipinski definition) is 1. The number of rotatable bonds is 2. The summed E-state index contributed by atoms with van der Waals surface area (Å²) in [5.41, 5.74) is 0.0490. The van der Waals surface area contributed by atoms with E-state index in [-0.39, 0.29) is 5.91 Å². The van der Waals surface area contributed by atoms with Crippen LogP contribution in [0.5, 0.6) is 0 Å². The summed E-state index contributed by atoms with van der Waals surface area (Å²) < 4.78 is 0. The molecule has 1 aromatic carbocycles. The van der Waals surface area contributed by atoms with Crippen LogP contribution in [0.2, 0.25) is 5.02 Å². The van der Waals surface area contributed by atoms with Gasteiger partial charge in [0.05, 0.1) is 5.60 Å². The Morgan fingerprint density at radius 1 is 1.47 bits per heavy atom. The Bertz CT molecular complexity index is 497. The number of β-amino-alcohol motifs (C(OH)–C–C–N with tert-alkyl or cyclic N) is 1. The first-order valence-electron chi connectivity index (χ1n) is 6.42. The fourth-order valence-electron chi connectivity index (χ4n) is 2.28. The van der Waals surface area contributed by atoms with E-state index in [4.69, 9.17) is 11.6 Å². The van der Waals surface area contributed by atoms with Crippen molar-refractivity contribution in [2.24, 2.45) is 0 Å². The number of nitrogens with zero attached hydrogens (tertiary/aromatic N) is 1. The number of piperidine rings is 1. The highest BCUT2D eigenvalue weighted by Gasteiger charge is 2.29. The second-order valence-electron chi connectivity index (χ2n) is 5.22. The molecule has 0 radical (unpaired) electrons. The van der Waals surface area contributed by atoms with Crippen molar-refractivity contribution in [1.82, 2.24) is 4.90 Å². The smallest absolute Gasteiger partial charge is 0.246 e. The van der Waals surface area contributed by atoms with Crippen LogP contribution >= 0.6 is 11.6 Å². The molecule has 2 rings (SSSR count). The summed E-state index contributed by atoms with van der Waals surface area (Å²) >= 11 is 6.02. The van der Waals surface area contributed by atoms with E-state index in [0.717, 1.165) is 18.4 Å². The monoisotopic (exact) mass is 279 g/mol. The number of halogens is 1. The molecule has 1 N–H and O–H groups in total. The molecular formula is C15H18ClNO2. The van der Waals surface area contributed by atoms with Gasteiger partial charge in [-0.1, -0.05) is 29.8 Å². The summed E-state index contributed by atoms with van der Waals surface area (Å²) in [5.74, 6) is -0.0834. The minimum atomic E-state index is -0.772. The fraction of sp³-hybridized carbons (Fsp3) is 0.400. The van der Waals surface area contributed by atoms with Crippen LogP contribution in [0.25, 0.3) is 6.08 Å². The molecule has 1 aliphatic rings. The van der Waals surface area contributed by atoms with Gasteiger partial charge in [-0.05, 0) is 37.5 Å². The molecule has 0 aliphatic carbocycles. The number of likely N-dealkylation sites (tertiary alicyclic amines) is 1. The zero-order chi connectivity index (χ0) is 13.9. The molecule has 0 spiro atoms.